The summed E-state index contributed by atoms with van der Waals surface area (Å²) in [7, 11) is 0. The summed E-state index contributed by atoms with van der Waals surface area (Å²) in [4.78, 5) is 18.1. The van der Waals surface area contributed by atoms with Crippen molar-refractivity contribution in [1.29, 1.82) is 0 Å². The van der Waals surface area contributed by atoms with Crippen LogP contribution < -0.4 is 5.32 Å². The van der Waals surface area contributed by atoms with Gasteiger partial charge in [-0.2, -0.15) is 0 Å². The summed E-state index contributed by atoms with van der Waals surface area (Å²) in [5, 5.41) is 6.08. The van der Waals surface area contributed by atoms with Crippen molar-refractivity contribution >= 4 is 40.6 Å². The number of carbonyl (C=O) groups is 1. The van der Waals surface area contributed by atoms with Gasteiger partial charge in [0.05, 0.1) is 17.7 Å². The van der Waals surface area contributed by atoms with Gasteiger partial charge in [0.25, 0.3) is 0 Å². The largest absolute Gasteiger partial charge is 0.332 e. The zero-order valence-corrected chi connectivity index (χ0v) is 13.4. The summed E-state index contributed by atoms with van der Waals surface area (Å²) in [5.41, 5.74) is 4.73. The van der Waals surface area contributed by atoms with Gasteiger partial charge in [-0.1, -0.05) is 23.2 Å². The Kier molecular flexibility index (Phi) is 4.33. The fraction of sp³-hybridized carbons (Fsp3) is 0.286. The van der Waals surface area contributed by atoms with Crippen molar-refractivity contribution in [2.75, 3.05) is 6.54 Å². The van der Waals surface area contributed by atoms with E-state index in [-0.39, 0.29) is 6.03 Å². The van der Waals surface area contributed by atoms with Crippen LogP contribution in [-0.2, 0) is 19.5 Å². The van der Waals surface area contributed by atoms with Crippen LogP contribution in [0.1, 0.15) is 16.8 Å². The zero-order chi connectivity index (χ0) is 14.8. The summed E-state index contributed by atoms with van der Waals surface area (Å²) in [6.45, 7) is 1.62. The van der Waals surface area contributed by atoms with Crippen molar-refractivity contribution < 1.29 is 4.79 Å². The number of urea groups is 1. The van der Waals surface area contributed by atoms with Crippen LogP contribution in [0, 0.1) is 0 Å². The summed E-state index contributed by atoms with van der Waals surface area (Å²) in [6.07, 6.45) is 0.745. The lowest BCUT2D eigenvalue weighted by molar-refractivity contribution is 0.192. The fourth-order valence-corrected chi connectivity index (χ4v) is 3.57. The molecule has 0 bridgehead atoms. The molecule has 0 aliphatic carbocycles. The molecule has 0 saturated carbocycles. The summed E-state index contributed by atoms with van der Waals surface area (Å²) in [5.74, 6) is 0. The SMILES string of the molecule is O=C(NCc1cscn1)N1CCc2c(Cl)cc(Cl)cc2C1. The standard InChI is InChI=1S/C14H13Cl2N3OS/c15-10-3-9-6-19(2-1-12(9)13(16)4-10)14(20)17-5-11-7-21-8-18-11/h3-4,7-8H,1-2,5-6H2,(H,17,20). The van der Waals surface area contributed by atoms with Crippen molar-refractivity contribution in [2.45, 2.75) is 19.5 Å². The van der Waals surface area contributed by atoms with Crippen molar-refractivity contribution in [1.82, 2.24) is 15.2 Å². The van der Waals surface area contributed by atoms with Gasteiger partial charge in [0.2, 0.25) is 0 Å². The first kappa shape index (κ1) is 14.6. The van der Waals surface area contributed by atoms with Crippen LogP contribution in [-0.4, -0.2) is 22.5 Å². The van der Waals surface area contributed by atoms with Crippen LogP contribution in [0.2, 0.25) is 10.0 Å². The summed E-state index contributed by atoms with van der Waals surface area (Å²) < 4.78 is 0. The van der Waals surface area contributed by atoms with E-state index in [1.807, 2.05) is 11.4 Å². The third-order valence-corrected chi connectivity index (χ3v) is 4.63. The van der Waals surface area contributed by atoms with E-state index in [4.69, 9.17) is 23.2 Å². The number of amides is 2. The molecule has 0 spiro atoms. The number of hydrogen-bond acceptors (Lipinski definition) is 3. The topological polar surface area (TPSA) is 45.2 Å². The number of hydrogen-bond donors (Lipinski definition) is 1. The Balaban J connectivity index is 1.66. The molecule has 2 amide bonds. The van der Waals surface area contributed by atoms with E-state index >= 15 is 0 Å². The molecule has 0 unspecified atom stereocenters. The average molecular weight is 342 g/mol. The van der Waals surface area contributed by atoms with Crippen molar-refractivity contribution in [2.24, 2.45) is 0 Å². The highest BCUT2D eigenvalue weighted by atomic mass is 35.5. The first-order chi connectivity index (χ1) is 10.1. The Labute approximate surface area is 136 Å². The van der Waals surface area contributed by atoms with Gasteiger partial charge in [0.1, 0.15) is 0 Å². The molecule has 1 N–H and O–H groups in total. The molecule has 1 aromatic carbocycles. The first-order valence-corrected chi connectivity index (χ1v) is 8.20. The molecule has 21 heavy (non-hydrogen) atoms. The first-order valence-electron chi connectivity index (χ1n) is 6.50. The smallest absolute Gasteiger partial charge is 0.318 e. The lowest BCUT2D eigenvalue weighted by Gasteiger charge is -2.29. The van der Waals surface area contributed by atoms with Crippen molar-refractivity contribution in [3.8, 4) is 0 Å². The van der Waals surface area contributed by atoms with Gasteiger partial charge in [0, 0.05) is 28.5 Å². The maximum Gasteiger partial charge on any atom is 0.318 e. The highest BCUT2D eigenvalue weighted by Gasteiger charge is 2.22. The predicted octanol–water partition coefficient (Wildman–Crippen LogP) is 3.72. The minimum Gasteiger partial charge on any atom is -0.332 e. The van der Waals surface area contributed by atoms with Gasteiger partial charge >= 0.3 is 6.03 Å². The molecule has 1 aromatic heterocycles. The Morgan fingerprint density at radius 2 is 2.29 bits per heavy atom. The average Bonchev–Trinajstić information content (AvgIpc) is 2.97. The molecule has 7 heteroatoms. The van der Waals surface area contributed by atoms with Gasteiger partial charge in [-0.25, -0.2) is 9.78 Å². The Morgan fingerprint density at radius 1 is 1.43 bits per heavy atom. The minimum atomic E-state index is -0.0928. The summed E-state index contributed by atoms with van der Waals surface area (Å²) >= 11 is 13.7. The molecule has 0 fully saturated rings. The van der Waals surface area contributed by atoms with E-state index in [1.165, 1.54) is 11.3 Å². The van der Waals surface area contributed by atoms with Gasteiger partial charge in [0.15, 0.2) is 0 Å². The van der Waals surface area contributed by atoms with E-state index in [0.29, 0.717) is 29.7 Å². The molecule has 0 radical (unpaired) electrons. The van der Waals surface area contributed by atoms with E-state index in [9.17, 15) is 4.79 Å². The Bertz CT molecular complexity index is 660. The van der Waals surface area contributed by atoms with Crippen LogP contribution in [0.25, 0.3) is 0 Å². The molecule has 3 rings (SSSR count). The number of halogens is 2. The molecule has 0 atom stereocenters. The Hall–Kier alpha value is -1.30. The molecule has 110 valence electrons. The van der Waals surface area contributed by atoms with Gasteiger partial charge < -0.3 is 10.2 Å². The minimum absolute atomic E-state index is 0.0928. The highest BCUT2D eigenvalue weighted by Crippen LogP contribution is 2.29. The summed E-state index contributed by atoms with van der Waals surface area (Å²) in [6, 6.07) is 3.53. The zero-order valence-electron chi connectivity index (χ0n) is 11.1. The maximum atomic E-state index is 12.2. The number of fused-ring (bicyclic) bond motifs is 1. The molecule has 2 heterocycles. The number of nitrogens with one attached hydrogen (secondary N) is 1. The van der Waals surface area contributed by atoms with Crippen LogP contribution in [0.5, 0.6) is 0 Å². The third-order valence-electron chi connectivity index (χ3n) is 3.44. The lowest BCUT2D eigenvalue weighted by Crippen LogP contribution is -2.42. The number of rotatable bonds is 2. The van der Waals surface area contributed by atoms with Crippen molar-refractivity contribution in [3.05, 3.63) is 49.9 Å². The molecule has 4 nitrogen and oxygen atoms in total. The third kappa shape index (κ3) is 3.31. The van der Waals surface area contributed by atoms with Gasteiger partial charge in [-0.05, 0) is 29.7 Å². The van der Waals surface area contributed by atoms with Gasteiger partial charge in [-0.3, -0.25) is 0 Å². The number of carbonyl (C=O) groups excluding carboxylic acids is 1. The molecular formula is C14H13Cl2N3OS. The van der Waals surface area contributed by atoms with E-state index in [1.54, 1.807) is 16.5 Å². The van der Waals surface area contributed by atoms with Crippen LogP contribution >= 0.6 is 34.5 Å². The number of aromatic nitrogens is 1. The second kappa shape index (κ2) is 6.22. The molecule has 1 aliphatic rings. The molecule has 1 aliphatic heterocycles. The fourth-order valence-electron chi connectivity index (χ4n) is 2.39. The quantitative estimate of drug-likeness (QED) is 0.904. The number of benzene rings is 1. The van der Waals surface area contributed by atoms with Crippen LogP contribution in [0.15, 0.2) is 23.0 Å². The van der Waals surface area contributed by atoms with E-state index in [0.717, 1.165) is 23.2 Å². The van der Waals surface area contributed by atoms with Crippen LogP contribution in [0.3, 0.4) is 0 Å². The maximum absolute atomic E-state index is 12.2. The molecule has 0 saturated heterocycles. The van der Waals surface area contributed by atoms with Gasteiger partial charge in [-0.15, -0.1) is 11.3 Å². The molecular weight excluding hydrogens is 329 g/mol. The molecule has 2 aromatic rings. The second-order valence-corrected chi connectivity index (χ2v) is 6.40. The number of thiazole rings is 1. The second-order valence-electron chi connectivity index (χ2n) is 4.84. The lowest BCUT2D eigenvalue weighted by atomic mass is 10.00. The predicted molar refractivity (Wildman–Crippen MR) is 84.9 cm³/mol. The van der Waals surface area contributed by atoms with Crippen molar-refractivity contribution in [3.63, 3.8) is 0 Å². The van der Waals surface area contributed by atoms with E-state index < -0.39 is 0 Å². The number of nitrogens with zero attached hydrogens (tertiary/aromatic N) is 2. The normalized spacial score (nSPS) is 13.9. The van der Waals surface area contributed by atoms with E-state index in [2.05, 4.69) is 10.3 Å². The highest BCUT2D eigenvalue weighted by molar-refractivity contribution is 7.07. The monoisotopic (exact) mass is 341 g/mol. The van der Waals surface area contributed by atoms with Crippen LogP contribution in [0.4, 0.5) is 4.79 Å². The Morgan fingerprint density at radius 3 is 3.05 bits per heavy atom.